The molecule has 8 nitrogen and oxygen atoms in total. The van der Waals surface area contributed by atoms with Crippen LogP contribution in [-0.4, -0.2) is 78.5 Å². The zero-order valence-electron chi connectivity index (χ0n) is 24.4. The highest BCUT2D eigenvalue weighted by molar-refractivity contribution is 5.93. The number of hydrogen-bond acceptors (Lipinski definition) is 5. The van der Waals surface area contributed by atoms with E-state index in [1.54, 1.807) is 35.8 Å². The summed E-state index contributed by atoms with van der Waals surface area (Å²) in [6.45, 7) is 4.08. The van der Waals surface area contributed by atoms with Crippen LogP contribution in [0.2, 0.25) is 0 Å². The van der Waals surface area contributed by atoms with E-state index >= 15 is 0 Å². The molecule has 1 heterocycles. The van der Waals surface area contributed by atoms with Gasteiger partial charge in [0.05, 0.1) is 11.0 Å². The van der Waals surface area contributed by atoms with Crippen molar-refractivity contribution in [2.24, 2.45) is 11.1 Å². The van der Waals surface area contributed by atoms with Crippen molar-refractivity contribution >= 4 is 23.3 Å². The predicted molar refractivity (Wildman–Crippen MR) is 158 cm³/mol. The Morgan fingerprint density at radius 3 is 2.40 bits per heavy atom. The van der Waals surface area contributed by atoms with Gasteiger partial charge in [-0.3, -0.25) is 19.4 Å². The molecule has 1 saturated heterocycles. The number of allylic oxidation sites excluding steroid dienone is 1. The highest BCUT2D eigenvalue weighted by Gasteiger charge is 2.46. The molecule has 40 heavy (non-hydrogen) atoms. The number of likely N-dealkylation sites (tertiary alicyclic amines) is 1. The Kier molecular flexibility index (Phi) is 8.80. The first-order valence-corrected chi connectivity index (χ1v) is 14.1. The van der Waals surface area contributed by atoms with Crippen LogP contribution in [0.5, 0.6) is 0 Å². The van der Waals surface area contributed by atoms with Gasteiger partial charge in [0.2, 0.25) is 17.7 Å². The molecule has 3 amide bonds. The minimum absolute atomic E-state index is 0.0186. The van der Waals surface area contributed by atoms with Crippen molar-refractivity contribution in [3.63, 3.8) is 0 Å². The van der Waals surface area contributed by atoms with E-state index in [1.807, 2.05) is 56.6 Å². The Bertz CT molecular complexity index is 1270. The third-order valence-electron chi connectivity index (χ3n) is 8.17. The van der Waals surface area contributed by atoms with Gasteiger partial charge in [0.15, 0.2) is 0 Å². The van der Waals surface area contributed by atoms with Crippen molar-refractivity contribution < 1.29 is 14.4 Å². The molecule has 1 aliphatic carbocycles. The van der Waals surface area contributed by atoms with Gasteiger partial charge in [-0.2, -0.15) is 0 Å². The molecule has 1 aliphatic heterocycles. The Hall–Kier alpha value is -3.49. The molecule has 1 unspecified atom stereocenters. The number of fused-ring (bicyclic) bond motifs is 1. The van der Waals surface area contributed by atoms with Crippen LogP contribution in [-0.2, 0) is 27.2 Å². The van der Waals surface area contributed by atoms with Crippen LogP contribution < -0.4 is 11.1 Å². The van der Waals surface area contributed by atoms with E-state index in [2.05, 4.69) is 23.5 Å². The number of hydrogen-bond donors (Lipinski definition) is 2. The Balaban J connectivity index is 1.64. The zero-order chi connectivity index (χ0) is 29.1. The second-order valence-electron chi connectivity index (χ2n) is 12.0. The van der Waals surface area contributed by atoms with Crippen LogP contribution in [0, 0.1) is 5.41 Å². The van der Waals surface area contributed by atoms with E-state index in [0.29, 0.717) is 32.2 Å². The molecule has 0 bridgehead atoms. The topological polar surface area (TPSA) is 99.0 Å². The second-order valence-corrected chi connectivity index (χ2v) is 12.0. The van der Waals surface area contributed by atoms with Gasteiger partial charge in [-0.1, -0.05) is 60.7 Å². The number of piperidine rings is 1. The standard InChI is InChI=1S/C32H43N5O3/c1-31(2,33)29(39)34-27(20-25-17-16-24-14-9-10-15-26(24)25)28(38)37-19-11-18-32(22-37,30(40)36(5)35(3)4)21-23-12-7-6-8-13-23/h6-10,12-15,17,27H,11,16,18-22,33H2,1-5H3,(H,34,39)/t27-,32?/m1/s1. The fraction of sp³-hybridized carbons (Fsp3) is 0.469. The van der Waals surface area contributed by atoms with E-state index in [9.17, 15) is 14.4 Å². The highest BCUT2D eigenvalue weighted by atomic mass is 16.2. The minimum atomic E-state index is -1.14. The number of carbonyl (C=O) groups excluding carboxylic acids is 3. The summed E-state index contributed by atoms with van der Waals surface area (Å²) in [5.41, 5.74) is 8.62. The number of benzene rings is 2. The number of amides is 3. The Labute approximate surface area is 238 Å². The first kappa shape index (κ1) is 29.5. The fourth-order valence-electron chi connectivity index (χ4n) is 5.76. The first-order valence-electron chi connectivity index (χ1n) is 14.1. The molecule has 0 saturated carbocycles. The average Bonchev–Trinajstić information content (AvgIpc) is 3.34. The van der Waals surface area contributed by atoms with Crippen LogP contribution in [0.15, 0.2) is 60.7 Å². The van der Waals surface area contributed by atoms with Gasteiger partial charge in [0.25, 0.3) is 0 Å². The smallest absolute Gasteiger partial charge is 0.245 e. The van der Waals surface area contributed by atoms with E-state index in [4.69, 9.17) is 5.73 Å². The fourth-order valence-corrected chi connectivity index (χ4v) is 5.76. The van der Waals surface area contributed by atoms with Gasteiger partial charge in [-0.05, 0) is 61.8 Å². The molecule has 2 aromatic rings. The summed E-state index contributed by atoms with van der Waals surface area (Å²) < 4.78 is 0. The molecule has 214 valence electrons. The van der Waals surface area contributed by atoms with Crippen molar-refractivity contribution in [1.29, 1.82) is 0 Å². The van der Waals surface area contributed by atoms with Crippen molar-refractivity contribution in [1.82, 2.24) is 20.2 Å². The maximum Gasteiger partial charge on any atom is 0.245 e. The number of hydrazine groups is 1. The summed E-state index contributed by atoms with van der Waals surface area (Å²) in [5, 5.41) is 6.36. The monoisotopic (exact) mass is 545 g/mol. The van der Waals surface area contributed by atoms with Crippen LogP contribution in [0.25, 0.3) is 5.57 Å². The van der Waals surface area contributed by atoms with Gasteiger partial charge in [0.1, 0.15) is 6.04 Å². The summed E-state index contributed by atoms with van der Waals surface area (Å²) in [6.07, 6.45) is 5.20. The summed E-state index contributed by atoms with van der Waals surface area (Å²) in [7, 11) is 5.45. The highest BCUT2D eigenvalue weighted by Crippen LogP contribution is 2.37. The molecule has 8 heteroatoms. The van der Waals surface area contributed by atoms with Gasteiger partial charge in [-0.25, -0.2) is 5.01 Å². The Morgan fingerprint density at radius 1 is 1.05 bits per heavy atom. The van der Waals surface area contributed by atoms with E-state index in [-0.39, 0.29) is 24.3 Å². The predicted octanol–water partition coefficient (Wildman–Crippen LogP) is 3.02. The SMILES string of the molecule is CN(C)N(C)C(=O)C1(Cc2ccccc2)CCCN(C(=O)[C@@H](CC2=CCc3ccccc32)NC(=O)C(C)(C)N)C1. The van der Waals surface area contributed by atoms with Gasteiger partial charge in [-0.15, -0.1) is 0 Å². The Morgan fingerprint density at radius 2 is 1.73 bits per heavy atom. The number of nitrogens with two attached hydrogens (primary N) is 1. The molecule has 0 aromatic heterocycles. The average molecular weight is 546 g/mol. The molecule has 0 radical (unpaired) electrons. The van der Waals surface area contributed by atoms with Gasteiger partial charge < -0.3 is 16.0 Å². The minimum Gasteiger partial charge on any atom is -0.342 e. The number of nitrogens with zero attached hydrogens (tertiary/aromatic N) is 3. The van der Waals surface area contributed by atoms with Crippen LogP contribution >= 0.6 is 0 Å². The maximum absolute atomic E-state index is 14.2. The van der Waals surface area contributed by atoms with E-state index < -0.39 is 17.0 Å². The van der Waals surface area contributed by atoms with Crippen molar-refractivity contribution in [2.45, 2.75) is 57.5 Å². The largest absolute Gasteiger partial charge is 0.342 e. The summed E-state index contributed by atoms with van der Waals surface area (Å²) in [4.78, 5) is 43.0. The quantitative estimate of drug-likeness (QED) is 0.472. The lowest BCUT2D eigenvalue weighted by molar-refractivity contribution is -0.159. The molecule has 3 N–H and O–H groups in total. The number of carbonyl (C=O) groups is 3. The van der Waals surface area contributed by atoms with Crippen molar-refractivity contribution in [2.75, 3.05) is 34.2 Å². The van der Waals surface area contributed by atoms with Crippen LogP contribution in [0.3, 0.4) is 0 Å². The molecule has 2 aliphatic rings. The molecule has 2 atom stereocenters. The lowest BCUT2D eigenvalue weighted by Gasteiger charge is -2.45. The lowest BCUT2D eigenvalue weighted by Crippen LogP contribution is -2.61. The normalized spacial score (nSPS) is 19.6. The van der Waals surface area contributed by atoms with E-state index in [0.717, 1.165) is 23.1 Å². The number of nitrogens with one attached hydrogen (secondary N) is 1. The van der Waals surface area contributed by atoms with E-state index in [1.165, 1.54) is 5.56 Å². The maximum atomic E-state index is 14.2. The first-order chi connectivity index (χ1) is 18.9. The summed E-state index contributed by atoms with van der Waals surface area (Å²) in [5.74, 6) is -0.580. The number of rotatable bonds is 9. The van der Waals surface area contributed by atoms with Crippen molar-refractivity contribution in [3.05, 3.63) is 77.4 Å². The lowest BCUT2D eigenvalue weighted by atomic mass is 9.74. The zero-order valence-corrected chi connectivity index (χ0v) is 24.4. The van der Waals surface area contributed by atoms with Gasteiger partial charge >= 0.3 is 0 Å². The van der Waals surface area contributed by atoms with Crippen molar-refractivity contribution in [3.8, 4) is 0 Å². The molecule has 1 fully saturated rings. The molecule has 2 aromatic carbocycles. The molecule has 0 spiro atoms. The van der Waals surface area contributed by atoms with Gasteiger partial charge in [0, 0.05) is 40.7 Å². The van der Waals surface area contributed by atoms with Crippen LogP contribution in [0.1, 0.15) is 49.8 Å². The third kappa shape index (κ3) is 6.45. The summed E-state index contributed by atoms with van der Waals surface area (Å²) in [6, 6.07) is 17.3. The second kappa shape index (κ2) is 11.9. The van der Waals surface area contributed by atoms with Crippen LogP contribution in [0.4, 0.5) is 0 Å². The molecular formula is C32H43N5O3. The third-order valence-corrected chi connectivity index (χ3v) is 8.17. The molecule has 4 rings (SSSR count). The molecular weight excluding hydrogens is 502 g/mol. The summed E-state index contributed by atoms with van der Waals surface area (Å²) >= 11 is 0.